The predicted octanol–water partition coefficient (Wildman–Crippen LogP) is 1.70. The minimum Gasteiger partial charge on any atom is -0.322 e. The zero-order chi connectivity index (χ0) is 10.6. The van der Waals surface area contributed by atoms with Crippen molar-refractivity contribution in [2.24, 2.45) is 23.7 Å². The molecule has 0 saturated heterocycles. The van der Waals surface area contributed by atoms with E-state index >= 15 is 0 Å². The molecule has 1 saturated carbocycles. The third-order valence-electron chi connectivity index (χ3n) is 4.32. The fourth-order valence-corrected chi connectivity index (χ4v) is 2.65. The second kappa shape index (κ2) is 7.80. The van der Waals surface area contributed by atoms with E-state index in [4.69, 9.17) is 0 Å². The minimum atomic E-state index is 0. The Bertz CT molecular complexity index is 139. The summed E-state index contributed by atoms with van der Waals surface area (Å²) in [5, 5.41) is 0. The second-order valence-electron chi connectivity index (χ2n) is 5.22. The van der Waals surface area contributed by atoms with Gasteiger partial charge in [0, 0.05) is 0 Å². The molecular weight excluding hydrogens is 175 g/mol. The molecular formula is C14H27Li. The predicted molar refractivity (Wildman–Crippen MR) is 64.0 cm³/mol. The Hall–Kier alpha value is 0.597. The van der Waals surface area contributed by atoms with Crippen LogP contribution in [0, 0.1) is 30.1 Å². The van der Waals surface area contributed by atoms with E-state index in [1.54, 1.807) is 0 Å². The normalized spacial score (nSPS) is 30.4. The molecule has 1 aliphatic rings. The molecule has 0 heterocycles. The monoisotopic (exact) mass is 202 g/mol. The third-order valence-corrected chi connectivity index (χ3v) is 4.32. The van der Waals surface area contributed by atoms with Gasteiger partial charge in [0.15, 0.2) is 0 Å². The Morgan fingerprint density at radius 1 is 1.00 bits per heavy atom. The van der Waals surface area contributed by atoms with Crippen LogP contribution in [0.4, 0.5) is 0 Å². The van der Waals surface area contributed by atoms with E-state index < -0.39 is 0 Å². The van der Waals surface area contributed by atoms with Gasteiger partial charge in [-0.05, 0) is 0 Å². The molecule has 0 nitrogen and oxygen atoms in total. The summed E-state index contributed by atoms with van der Waals surface area (Å²) >= 11 is 0. The fraction of sp³-hybridized carbons (Fsp3) is 0.929. The third kappa shape index (κ3) is 4.54. The maximum Gasteiger partial charge on any atom is 1.00 e. The molecule has 0 aromatic carbocycles. The van der Waals surface area contributed by atoms with E-state index in [0.29, 0.717) is 0 Å². The van der Waals surface area contributed by atoms with Crippen LogP contribution in [0.3, 0.4) is 0 Å². The van der Waals surface area contributed by atoms with Gasteiger partial charge in [0.05, 0.1) is 0 Å². The van der Waals surface area contributed by atoms with Gasteiger partial charge in [-0.15, -0.1) is 0 Å². The van der Waals surface area contributed by atoms with Gasteiger partial charge in [-0.2, -0.15) is 11.8 Å². The SMILES string of the molecule is CCC(C)C1[CH-]C(C(C)CC)CCC1.[Li+]. The van der Waals surface area contributed by atoms with Gasteiger partial charge in [0.1, 0.15) is 0 Å². The van der Waals surface area contributed by atoms with Crippen LogP contribution >= 0.6 is 0 Å². The summed E-state index contributed by atoms with van der Waals surface area (Å²) < 4.78 is 0. The van der Waals surface area contributed by atoms with Crippen molar-refractivity contribution in [3.8, 4) is 0 Å². The quantitative estimate of drug-likeness (QED) is 0.481. The van der Waals surface area contributed by atoms with E-state index in [1.807, 2.05) is 0 Å². The second-order valence-corrected chi connectivity index (χ2v) is 5.22. The maximum atomic E-state index is 2.69. The zero-order valence-corrected chi connectivity index (χ0v) is 11.4. The van der Waals surface area contributed by atoms with Crippen LogP contribution < -0.4 is 18.9 Å². The van der Waals surface area contributed by atoms with Crippen LogP contribution in [-0.2, 0) is 0 Å². The van der Waals surface area contributed by atoms with Gasteiger partial charge in [-0.3, -0.25) is 0 Å². The molecule has 0 amide bonds. The molecule has 0 aromatic rings. The number of hydrogen-bond donors (Lipinski definition) is 0. The van der Waals surface area contributed by atoms with Crippen LogP contribution in [0.2, 0.25) is 0 Å². The molecule has 15 heavy (non-hydrogen) atoms. The van der Waals surface area contributed by atoms with E-state index in [2.05, 4.69) is 34.1 Å². The molecule has 4 atom stereocenters. The largest absolute Gasteiger partial charge is 1.00 e. The molecule has 1 aliphatic carbocycles. The summed E-state index contributed by atoms with van der Waals surface area (Å²) in [6, 6.07) is 0. The Morgan fingerprint density at radius 3 is 1.73 bits per heavy atom. The Morgan fingerprint density at radius 2 is 1.40 bits per heavy atom. The average Bonchev–Trinajstić information content (AvgIpc) is 2.27. The van der Waals surface area contributed by atoms with Crippen molar-refractivity contribution in [1.29, 1.82) is 0 Å². The molecule has 0 bridgehead atoms. The van der Waals surface area contributed by atoms with Crippen LogP contribution in [0.5, 0.6) is 0 Å². The molecule has 1 fully saturated rings. The fourth-order valence-electron chi connectivity index (χ4n) is 2.65. The summed E-state index contributed by atoms with van der Waals surface area (Å²) in [5.74, 6) is 3.63. The molecule has 0 spiro atoms. The van der Waals surface area contributed by atoms with Gasteiger partial charge in [-0.1, -0.05) is 71.6 Å². The maximum absolute atomic E-state index is 2.69. The number of hydrogen-bond acceptors (Lipinski definition) is 0. The molecule has 0 N–H and O–H groups in total. The van der Waals surface area contributed by atoms with Crippen molar-refractivity contribution in [2.45, 2.75) is 59.8 Å². The van der Waals surface area contributed by atoms with Crippen molar-refractivity contribution < 1.29 is 18.9 Å². The molecule has 0 radical (unpaired) electrons. The van der Waals surface area contributed by atoms with E-state index in [9.17, 15) is 0 Å². The van der Waals surface area contributed by atoms with Crippen molar-refractivity contribution >= 4 is 0 Å². The average molecular weight is 202 g/mol. The summed E-state index contributed by atoms with van der Waals surface area (Å²) in [5.41, 5.74) is 0. The van der Waals surface area contributed by atoms with Crippen LogP contribution in [0.15, 0.2) is 0 Å². The first-order valence-corrected chi connectivity index (χ1v) is 6.54. The standard InChI is InChI=1S/C14H27.Li/c1-5-11(3)13-8-7-9-14(10-13)12(4)6-2;/h10-14H,5-9H2,1-4H3;/q-1;+1. The van der Waals surface area contributed by atoms with Crippen LogP contribution in [0.25, 0.3) is 0 Å². The molecule has 1 heteroatoms. The molecule has 0 aromatic heterocycles. The van der Waals surface area contributed by atoms with Crippen molar-refractivity contribution in [1.82, 2.24) is 0 Å². The van der Waals surface area contributed by atoms with E-state index in [-0.39, 0.29) is 18.9 Å². The molecule has 4 unspecified atom stereocenters. The Kier molecular flexibility index (Phi) is 8.11. The van der Waals surface area contributed by atoms with Gasteiger partial charge in [0.25, 0.3) is 0 Å². The number of rotatable bonds is 4. The summed E-state index contributed by atoms with van der Waals surface area (Å²) in [6.45, 7) is 9.48. The van der Waals surface area contributed by atoms with Gasteiger partial charge < -0.3 is 6.42 Å². The first-order valence-electron chi connectivity index (χ1n) is 6.54. The summed E-state index contributed by atoms with van der Waals surface area (Å²) in [7, 11) is 0. The zero-order valence-electron chi connectivity index (χ0n) is 11.4. The smallest absolute Gasteiger partial charge is 0.322 e. The van der Waals surface area contributed by atoms with Gasteiger partial charge in [0.2, 0.25) is 0 Å². The molecule has 84 valence electrons. The topological polar surface area (TPSA) is 0 Å². The summed E-state index contributed by atoms with van der Waals surface area (Å²) in [4.78, 5) is 0. The van der Waals surface area contributed by atoms with Crippen molar-refractivity contribution in [3.05, 3.63) is 6.42 Å². The van der Waals surface area contributed by atoms with Crippen LogP contribution in [0.1, 0.15) is 59.8 Å². The minimum absolute atomic E-state index is 0. The molecule has 0 aliphatic heterocycles. The summed E-state index contributed by atoms with van der Waals surface area (Å²) in [6.07, 6.45) is 9.72. The van der Waals surface area contributed by atoms with Gasteiger partial charge in [-0.25, -0.2) is 0 Å². The van der Waals surface area contributed by atoms with Crippen LogP contribution in [-0.4, -0.2) is 0 Å². The first-order chi connectivity index (χ1) is 6.69. The molecule has 1 rings (SSSR count). The van der Waals surface area contributed by atoms with Crippen molar-refractivity contribution in [2.75, 3.05) is 0 Å². The first kappa shape index (κ1) is 15.6. The van der Waals surface area contributed by atoms with E-state index in [1.165, 1.54) is 32.1 Å². The van der Waals surface area contributed by atoms with Crippen molar-refractivity contribution in [3.63, 3.8) is 0 Å². The Balaban J connectivity index is 0.00000196. The Labute approximate surface area is 109 Å². The van der Waals surface area contributed by atoms with E-state index in [0.717, 1.165) is 23.7 Å². The van der Waals surface area contributed by atoms with Gasteiger partial charge >= 0.3 is 18.9 Å².